The lowest BCUT2D eigenvalue weighted by Gasteiger charge is -2.34. The van der Waals surface area contributed by atoms with Gasteiger partial charge in [0.15, 0.2) is 6.23 Å². The Morgan fingerprint density at radius 1 is 1.33 bits per heavy atom. The number of thiophene rings is 1. The molecule has 24 heavy (non-hydrogen) atoms. The van der Waals surface area contributed by atoms with Crippen molar-refractivity contribution in [2.24, 2.45) is 16.8 Å². The van der Waals surface area contributed by atoms with Gasteiger partial charge in [0.05, 0.1) is 22.1 Å². The third kappa shape index (κ3) is 2.33. The molecule has 2 aliphatic rings. The second kappa shape index (κ2) is 5.86. The van der Waals surface area contributed by atoms with E-state index in [-0.39, 0.29) is 17.7 Å². The highest BCUT2D eigenvalue weighted by atomic mass is 35.5. The Labute approximate surface area is 148 Å². The van der Waals surface area contributed by atoms with Crippen molar-refractivity contribution in [1.29, 1.82) is 5.26 Å². The lowest BCUT2D eigenvalue weighted by Crippen LogP contribution is -2.42. The highest BCUT2D eigenvalue weighted by molar-refractivity contribution is 7.12. The first kappa shape index (κ1) is 15.1. The van der Waals surface area contributed by atoms with Crippen molar-refractivity contribution >= 4 is 28.6 Å². The Balaban J connectivity index is 1.86. The largest absolute Gasteiger partial charge is 0.453 e. The van der Waals surface area contributed by atoms with E-state index in [0.717, 1.165) is 16.2 Å². The van der Waals surface area contributed by atoms with Crippen LogP contribution in [0.4, 0.5) is 0 Å². The van der Waals surface area contributed by atoms with Gasteiger partial charge < -0.3 is 10.5 Å². The first-order valence-corrected chi connectivity index (χ1v) is 8.63. The fourth-order valence-electron chi connectivity index (χ4n) is 3.24. The molecule has 0 saturated heterocycles. The Kier molecular flexibility index (Phi) is 3.68. The molecule has 0 radical (unpaired) electrons. The van der Waals surface area contributed by atoms with E-state index in [9.17, 15) is 5.26 Å². The summed E-state index contributed by atoms with van der Waals surface area (Å²) in [5.41, 5.74) is 11.2. The van der Waals surface area contributed by atoms with E-state index < -0.39 is 6.23 Å². The van der Waals surface area contributed by atoms with Crippen LogP contribution in [0.15, 0.2) is 58.3 Å². The van der Waals surface area contributed by atoms with Gasteiger partial charge in [-0.15, -0.1) is 11.3 Å². The molecule has 1 aromatic carbocycles. The molecule has 5 nitrogen and oxygen atoms in total. The predicted molar refractivity (Wildman–Crippen MR) is 93.4 cm³/mol. The second-order valence-electron chi connectivity index (χ2n) is 5.59. The summed E-state index contributed by atoms with van der Waals surface area (Å²) in [6.07, 6.45) is -0.400. The summed E-state index contributed by atoms with van der Waals surface area (Å²) >= 11 is 7.77. The summed E-state index contributed by atoms with van der Waals surface area (Å²) < 4.78 is 5.70. The van der Waals surface area contributed by atoms with E-state index in [1.54, 1.807) is 11.3 Å². The number of hydrogen-bond donors (Lipinski definition) is 2. The lowest BCUT2D eigenvalue weighted by atomic mass is 9.76. The molecular formula is C17H13ClN4OS. The summed E-state index contributed by atoms with van der Waals surface area (Å²) in [7, 11) is 0. The summed E-state index contributed by atoms with van der Waals surface area (Å²) in [5, 5.41) is 16.7. The second-order valence-corrected chi connectivity index (χ2v) is 6.97. The third-order valence-electron chi connectivity index (χ3n) is 4.25. The number of nitrogens with two attached hydrogens (primary N) is 1. The molecule has 2 aliphatic heterocycles. The van der Waals surface area contributed by atoms with Gasteiger partial charge in [0.25, 0.3) is 0 Å². The van der Waals surface area contributed by atoms with Gasteiger partial charge in [-0.05, 0) is 29.1 Å². The van der Waals surface area contributed by atoms with Crippen LogP contribution in [-0.2, 0) is 4.74 Å². The molecule has 3 N–H and O–H groups in total. The number of hydrazone groups is 1. The van der Waals surface area contributed by atoms with Crippen molar-refractivity contribution in [3.8, 4) is 6.07 Å². The minimum atomic E-state index is -0.400. The molecule has 0 amide bonds. The molecule has 0 bridgehead atoms. The van der Waals surface area contributed by atoms with Crippen molar-refractivity contribution < 1.29 is 4.74 Å². The Hall–Kier alpha value is -2.49. The van der Waals surface area contributed by atoms with E-state index in [0.29, 0.717) is 10.6 Å². The summed E-state index contributed by atoms with van der Waals surface area (Å²) in [4.78, 5) is 1.04. The number of ether oxygens (including phenoxy) is 1. The first-order valence-electron chi connectivity index (χ1n) is 7.38. The molecule has 1 aromatic heterocycles. The minimum Gasteiger partial charge on any atom is -0.453 e. The Morgan fingerprint density at radius 2 is 2.21 bits per heavy atom. The minimum absolute atomic E-state index is 0.138. The van der Waals surface area contributed by atoms with E-state index in [1.807, 2.05) is 41.8 Å². The van der Waals surface area contributed by atoms with Crippen LogP contribution < -0.4 is 11.2 Å². The van der Waals surface area contributed by atoms with Crippen LogP contribution in [0.2, 0.25) is 5.02 Å². The van der Waals surface area contributed by atoms with Gasteiger partial charge in [-0.3, -0.25) is 5.43 Å². The molecule has 3 heterocycles. The number of hydrogen-bond acceptors (Lipinski definition) is 6. The third-order valence-corrected chi connectivity index (χ3v) is 5.37. The molecule has 4 rings (SSSR count). The van der Waals surface area contributed by atoms with Crippen LogP contribution in [0.3, 0.4) is 0 Å². The molecule has 2 aromatic rings. The number of nitrogens with zero attached hydrogens (tertiary/aromatic N) is 2. The monoisotopic (exact) mass is 356 g/mol. The number of halogens is 1. The fraction of sp³-hybridized carbons (Fsp3) is 0.176. The van der Waals surface area contributed by atoms with Crippen molar-refractivity contribution in [3.05, 3.63) is 68.7 Å². The van der Waals surface area contributed by atoms with Crippen molar-refractivity contribution in [2.45, 2.75) is 12.1 Å². The topological polar surface area (TPSA) is 83.4 Å². The molecule has 0 aliphatic carbocycles. The molecule has 0 spiro atoms. The highest BCUT2D eigenvalue weighted by Gasteiger charge is 2.47. The molecule has 7 heteroatoms. The van der Waals surface area contributed by atoms with Gasteiger partial charge in [-0.25, -0.2) is 0 Å². The summed E-state index contributed by atoms with van der Waals surface area (Å²) in [5.74, 6) is -0.272. The average molecular weight is 357 g/mol. The van der Waals surface area contributed by atoms with Crippen molar-refractivity contribution in [3.63, 3.8) is 0 Å². The van der Waals surface area contributed by atoms with Crippen LogP contribution in [0.25, 0.3) is 0 Å². The molecule has 3 atom stereocenters. The zero-order chi connectivity index (χ0) is 16.7. The maximum Gasteiger partial charge on any atom is 0.201 e. The fourth-order valence-corrected chi connectivity index (χ4v) is 4.20. The van der Waals surface area contributed by atoms with Crippen LogP contribution in [-0.4, -0.2) is 11.9 Å². The van der Waals surface area contributed by atoms with Crippen LogP contribution in [0.5, 0.6) is 0 Å². The smallest absolute Gasteiger partial charge is 0.201 e. The Bertz CT molecular complexity index is 884. The molecule has 0 fully saturated rings. The quantitative estimate of drug-likeness (QED) is 0.865. The lowest BCUT2D eigenvalue weighted by molar-refractivity contribution is 0.0456. The normalized spacial score (nSPS) is 25.3. The number of benzene rings is 1. The Morgan fingerprint density at radius 3 is 2.92 bits per heavy atom. The van der Waals surface area contributed by atoms with Crippen LogP contribution in [0, 0.1) is 17.2 Å². The highest BCUT2D eigenvalue weighted by Crippen LogP contribution is 2.44. The maximum absolute atomic E-state index is 9.64. The van der Waals surface area contributed by atoms with E-state index >= 15 is 0 Å². The van der Waals surface area contributed by atoms with Gasteiger partial charge in [0, 0.05) is 10.9 Å². The number of rotatable bonds is 2. The van der Waals surface area contributed by atoms with Crippen LogP contribution >= 0.6 is 22.9 Å². The molecule has 3 unspecified atom stereocenters. The van der Waals surface area contributed by atoms with Gasteiger partial charge >= 0.3 is 0 Å². The van der Waals surface area contributed by atoms with Gasteiger partial charge in [0.2, 0.25) is 5.88 Å². The molecular weight excluding hydrogens is 344 g/mol. The zero-order valence-electron chi connectivity index (χ0n) is 12.4. The number of fused-ring (bicyclic) bond motifs is 1. The summed E-state index contributed by atoms with van der Waals surface area (Å²) in [6, 6.07) is 13.7. The van der Waals surface area contributed by atoms with E-state index in [4.69, 9.17) is 22.1 Å². The number of nitrogens with one attached hydrogen (secondary N) is 1. The number of allylic oxidation sites excluding steroid dienone is 1. The number of nitriles is 1. The maximum atomic E-state index is 9.64. The first-order chi connectivity index (χ1) is 11.7. The zero-order valence-corrected chi connectivity index (χ0v) is 14.0. The average Bonchev–Trinajstić information content (AvgIpc) is 3.22. The van der Waals surface area contributed by atoms with E-state index in [1.165, 1.54) is 0 Å². The van der Waals surface area contributed by atoms with Gasteiger partial charge in [-0.1, -0.05) is 29.8 Å². The van der Waals surface area contributed by atoms with Gasteiger partial charge in [-0.2, -0.15) is 10.4 Å². The SMILES string of the molecule is N#CC1=C(N)OC2NN=C(c3cccs3)C2C1c1cccc(Cl)c1. The van der Waals surface area contributed by atoms with E-state index in [2.05, 4.69) is 16.6 Å². The van der Waals surface area contributed by atoms with Crippen molar-refractivity contribution in [1.82, 2.24) is 5.43 Å². The van der Waals surface area contributed by atoms with Crippen LogP contribution in [0.1, 0.15) is 16.4 Å². The van der Waals surface area contributed by atoms with Crippen molar-refractivity contribution in [2.75, 3.05) is 0 Å². The molecule has 0 saturated carbocycles. The standard InChI is InChI=1S/C17H13ClN4OS/c18-10-4-1-3-9(7-10)13-11(8-19)16(20)23-17-14(13)15(21-22-17)12-5-2-6-24-12/h1-7,13-14,17,22H,20H2. The predicted octanol–water partition coefficient (Wildman–Crippen LogP) is 3.16. The summed E-state index contributed by atoms with van der Waals surface area (Å²) in [6.45, 7) is 0. The molecule has 120 valence electrons. The van der Waals surface area contributed by atoms with Gasteiger partial charge in [0.1, 0.15) is 6.07 Å².